The molecule has 0 aromatic carbocycles. The van der Waals surface area contributed by atoms with Gasteiger partial charge in [-0.2, -0.15) is 5.10 Å². The number of aliphatic hydroxyl groups is 2. The van der Waals surface area contributed by atoms with Crippen LogP contribution in [0.2, 0.25) is 0 Å². The van der Waals surface area contributed by atoms with Gasteiger partial charge in [0.25, 0.3) is 0 Å². The monoisotopic (exact) mass is 498 g/mol. The normalized spacial score (nSPS) is 32.2. The molecule has 1 fully saturated rings. The number of nitrogens with zero attached hydrogens (tertiary/aromatic N) is 6. The summed E-state index contributed by atoms with van der Waals surface area (Å²) in [5.41, 5.74) is 2.27. The molecule has 0 saturated carbocycles. The Kier molecular flexibility index (Phi) is 5.72. The third-order valence-corrected chi connectivity index (χ3v) is 5.80. The standard InChI is InChI=1S/C18H23IN6O3/c1-3-25-8-7-21-17(24-25)16-14(27)13(26)15(28-16)10-5-4-6-20-11-9(2)22-18(19)23-12(10)11/h6-7,10,13-16,26-27H,3-5,8H2,1-2H3/t10?,13-,14+,15+,16+/m1/s1. The minimum absolute atomic E-state index is 0.210. The first-order valence-electron chi connectivity index (χ1n) is 9.43. The van der Waals surface area contributed by atoms with Gasteiger partial charge in [0, 0.05) is 47.5 Å². The molecule has 4 rings (SSSR count). The van der Waals surface area contributed by atoms with Crippen molar-refractivity contribution >= 4 is 46.5 Å². The molecule has 9 nitrogen and oxygen atoms in total. The number of ether oxygens (including phenoxy) is 1. The minimum atomic E-state index is -1.10. The van der Waals surface area contributed by atoms with Crippen molar-refractivity contribution in [2.24, 2.45) is 15.1 Å². The fourth-order valence-corrected chi connectivity index (χ4v) is 4.48. The smallest absolute Gasteiger partial charge is 0.191 e. The highest BCUT2D eigenvalue weighted by Gasteiger charge is 2.49. The van der Waals surface area contributed by atoms with Crippen molar-refractivity contribution in [2.75, 3.05) is 13.1 Å². The molecule has 0 amide bonds. The summed E-state index contributed by atoms with van der Waals surface area (Å²) in [5, 5.41) is 27.8. The first-order chi connectivity index (χ1) is 13.5. The van der Waals surface area contributed by atoms with Crippen molar-refractivity contribution in [1.82, 2.24) is 15.0 Å². The molecule has 0 bridgehead atoms. The van der Waals surface area contributed by atoms with E-state index >= 15 is 0 Å². The Morgan fingerprint density at radius 1 is 1.21 bits per heavy atom. The largest absolute Gasteiger partial charge is 0.388 e. The van der Waals surface area contributed by atoms with Crippen molar-refractivity contribution in [2.45, 2.75) is 57.0 Å². The summed E-state index contributed by atoms with van der Waals surface area (Å²) < 4.78 is 6.79. The molecule has 2 N–H and O–H groups in total. The average Bonchev–Trinajstić information content (AvgIpc) is 2.85. The van der Waals surface area contributed by atoms with Crippen molar-refractivity contribution < 1.29 is 14.9 Å². The van der Waals surface area contributed by atoms with Gasteiger partial charge in [-0.3, -0.25) is 10.0 Å². The van der Waals surface area contributed by atoms with E-state index in [4.69, 9.17) is 4.74 Å². The van der Waals surface area contributed by atoms with Crippen LogP contribution in [0.25, 0.3) is 0 Å². The predicted molar refractivity (Wildman–Crippen MR) is 113 cm³/mol. The second kappa shape index (κ2) is 8.09. The molecule has 1 aromatic heterocycles. The van der Waals surface area contributed by atoms with Crippen LogP contribution in [-0.2, 0) is 4.74 Å². The predicted octanol–water partition coefficient (Wildman–Crippen LogP) is 1.18. The van der Waals surface area contributed by atoms with Crippen LogP contribution in [0.1, 0.15) is 37.1 Å². The van der Waals surface area contributed by atoms with Gasteiger partial charge in [0.1, 0.15) is 24.0 Å². The lowest BCUT2D eigenvalue weighted by Crippen LogP contribution is -2.39. The molecular weight excluding hydrogens is 475 g/mol. The maximum absolute atomic E-state index is 10.8. The Labute approximate surface area is 176 Å². The lowest BCUT2D eigenvalue weighted by atomic mass is 9.88. The summed E-state index contributed by atoms with van der Waals surface area (Å²) in [7, 11) is 0. The second-order valence-electron chi connectivity index (χ2n) is 7.09. The van der Waals surface area contributed by atoms with Crippen molar-refractivity contribution in [1.29, 1.82) is 0 Å². The number of hydrogen-bond donors (Lipinski definition) is 2. The van der Waals surface area contributed by atoms with E-state index in [1.807, 2.05) is 25.1 Å². The number of aromatic nitrogens is 2. The van der Waals surface area contributed by atoms with Crippen LogP contribution >= 0.6 is 22.6 Å². The third kappa shape index (κ3) is 3.58. The number of rotatable bonds is 3. The van der Waals surface area contributed by atoms with Crippen LogP contribution in [0.5, 0.6) is 0 Å². The summed E-state index contributed by atoms with van der Waals surface area (Å²) in [5.74, 6) is 0.179. The maximum Gasteiger partial charge on any atom is 0.191 e. The Bertz CT molecular complexity index is 845. The van der Waals surface area contributed by atoms with Gasteiger partial charge in [0.15, 0.2) is 9.67 Å². The van der Waals surface area contributed by atoms with E-state index in [-0.39, 0.29) is 5.92 Å². The molecule has 10 heteroatoms. The molecule has 1 saturated heterocycles. The number of halogens is 1. The average molecular weight is 498 g/mol. The number of aliphatic imine (C=N–C) groups is 2. The Balaban J connectivity index is 1.66. The van der Waals surface area contributed by atoms with Crippen molar-refractivity contribution in [3.8, 4) is 0 Å². The molecule has 3 aliphatic heterocycles. The fraction of sp³-hybridized carbons (Fsp3) is 0.611. The highest BCUT2D eigenvalue weighted by Crippen LogP contribution is 2.41. The summed E-state index contributed by atoms with van der Waals surface area (Å²) in [6.45, 7) is 5.25. The highest BCUT2D eigenvalue weighted by molar-refractivity contribution is 14.1. The van der Waals surface area contributed by atoms with E-state index in [0.29, 0.717) is 22.6 Å². The van der Waals surface area contributed by atoms with Crippen LogP contribution in [0.3, 0.4) is 0 Å². The van der Waals surface area contributed by atoms with Gasteiger partial charge in [0.05, 0.1) is 24.0 Å². The molecule has 1 aromatic rings. The zero-order valence-corrected chi connectivity index (χ0v) is 17.9. The minimum Gasteiger partial charge on any atom is -0.388 e. The molecular formula is C18H23IN6O3. The van der Waals surface area contributed by atoms with E-state index in [1.165, 1.54) is 0 Å². The van der Waals surface area contributed by atoms with Crippen LogP contribution in [-0.4, -0.2) is 81.0 Å². The van der Waals surface area contributed by atoms with Gasteiger partial charge >= 0.3 is 0 Å². The van der Waals surface area contributed by atoms with E-state index in [1.54, 1.807) is 6.21 Å². The Hall–Kier alpha value is -1.50. The molecule has 3 aliphatic rings. The second-order valence-corrected chi connectivity index (χ2v) is 8.05. The quantitative estimate of drug-likeness (QED) is 0.478. The summed E-state index contributed by atoms with van der Waals surface area (Å²) in [6.07, 6.45) is 1.46. The molecule has 5 atom stereocenters. The third-order valence-electron chi connectivity index (χ3n) is 5.31. The van der Waals surface area contributed by atoms with Gasteiger partial charge < -0.3 is 14.9 Å². The van der Waals surface area contributed by atoms with Crippen LogP contribution in [0, 0.1) is 10.8 Å². The number of hydrazone groups is 1. The molecule has 0 spiro atoms. The van der Waals surface area contributed by atoms with Gasteiger partial charge in [-0.05, 0) is 26.7 Å². The first-order valence-corrected chi connectivity index (χ1v) is 10.5. The van der Waals surface area contributed by atoms with E-state index in [0.717, 1.165) is 30.0 Å². The Morgan fingerprint density at radius 3 is 2.82 bits per heavy atom. The first kappa shape index (κ1) is 19.8. The van der Waals surface area contributed by atoms with Crippen LogP contribution < -0.4 is 0 Å². The number of hydrogen-bond acceptors (Lipinski definition) is 9. The summed E-state index contributed by atoms with van der Waals surface area (Å²) >= 11 is 2.08. The van der Waals surface area contributed by atoms with Gasteiger partial charge in [-0.15, -0.1) is 0 Å². The molecule has 0 radical (unpaired) electrons. The van der Waals surface area contributed by atoms with Crippen molar-refractivity contribution in [3.63, 3.8) is 0 Å². The number of aliphatic hydroxyl groups excluding tert-OH is 2. The summed E-state index contributed by atoms with van der Waals surface area (Å²) in [4.78, 5) is 17.8. The lowest BCUT2D eigenvalue weighted by molar-refractivity contribution is 0.00421. The van der Waals surface area contributed by atoms with Gasteiger partial charge in [0.2, 0.25) is 0 Å². The molecule has 150 valence electrons. The Morgan fingerprint density at radius 2 is 2.04 bits per heavy atom. The number of aryl methyl sites for hydroxylation is 1. The zero-order valence-electron chi connectivity index (χ0n) is 15.7. The molecule has 0 aliphatic carbocycles. The van der Waals surface area contributed by atoms with Crippen LogP contribution in [0.4, 0.5) is 5.69 Å². The molecule has 1 unspecified atom stereocenters. The lowest BCUT2D eigenvalue weighted by Gasteiger charge is -2.25. The molecule has 28 heavy (non-hydrogen) atoms. The molecule has 4 heterocycles. The van der Waals surface area contributed by atoms with E-state index in [9.17, 15) is 10.2 Å². The topological polar surface area (TPSA) is 116 Å². The number of fused-ring (bicyclic) bond motifs is 1. The zero-order chi connectivity index (χ0) is 19.8. The SMILES string of the molecule is CCN1CC=NC([C@H]2O[C@@H](C3CCC=Nc4c(C)nc(I)nc43)[C@H](O)[C@@H]2O)=N1. The van der Waals surface area contributed by atoms with Gasteiger partial charge in [-0.25, -0.2) is 15.0 Å². The van der Waals surface area contributed by atoms with E-state index < -0.39 is 24.4 Å². The van der Waals surface area contributed by atoms with Crippen LogP contribution in [0.15, 0.2) is 15.1 Å². The summed E-state index contributed by atoms with van der Waals surface area (Å²) in [6, 6.07) is 0. The van der Waals surface area contributed by atoms with Crippen molar-refractivity contribution in [3.05, 3.63) is 15.2 Å². The highest BCUT2D eigenvalue weighted by atomic mass is 127. The number of amidine groups is 1. The fourth-order valence-electron chi connectivity index (χ4n) is 3.86. The van der Waals surface area contributed by atoms with Gasteiger partial charge in [-0.1, -0.05) is 0 Å². The maximum atomic E-state index is 10.8. The van der Waals surface area contributed by atoms with E-state index in [2.05, 4.69) is 47.6 Å².